The molecule has 20 heavy (non-hydrogen) atoms. The topological polar surface area (TPSA) is 40.8 Å². The van der Waals surface area contributed by atoms with E-state index in [2.05, 4.69) is 0 Å². The van der Waals surface area contributed by atoms with E-state index in [9.17, 15) is 0 Å². The second-order valence-electron chi connectivity index (χ2n) is 4.28. The van der Waals surface area contributed by atoms with Crippen molar-refractivity contribution >= 4 is 11.6 Å². The number of alkyl halides is 1. The molecule has 2 aromatic rings. The molecule has 1 aromatic heterocycles. The van der Waals surface area contributed by atoms with E-state index in [0.29, 0.717) is 23.0 Å². The van der Waals surface area contributed by atoms with Gasteiger partial charge in [-0.3, -0.25) is 0 Å². The summed E-state index contributed by atoms with van der Waals surface area (Å²) in [6.45, 7) is 1.94. The van der Waals surface area contributed by atoms with E-state index in [1.54, 1.807) is 39.7 Å². The fourth-order valence-electron chi connectivity index (χ4n) is 2.06. The normalized spacial score (nSPS) is 12.1. The van der Waals surface area contributed by atoms with Crippen LogP contribution in [0.25, 0.3) is 0 Å². The van der Waals surface area contributed by atoms with Crippen LogP contribution in [0.3, 0.4) is 0 Å². The van der Waals surface area contributed by atoms with E-state index in [1.165, 1.54) is 0 Å². The number of furan rings is 1. The van der Waals surface area contributed by atoms with Gasteiger partial charge in [0.05, 0.1) is 33.2 Å². The largest absolute Gasteiger partial charge is 0.496 e. The Bertz CT molecular complexity index is 566. The first-order valence-corrected chi connectivity index (χ1v) is 6.54. The number of rotatable bonds is 5. The van der Waals surface area contributed by atoms with Crippen molar-refractivity contribution in [1.29, 1.82) is 0 Å². The molecule has 1 aromatic carbocycles. The number of ether oxygens (including phenoxy) is 3. The third-order valence-electron chi connectivity index (χ3n) is 3.14. The van der Waals surface area contributed by atoms with Gasteiger partial charge in [0.2, 0.25) is 0 Å². The molecule has 0 N–H and O–H groups in total. The lowest BCUT2D eigenvalue weighted by atomic mass is 10.0. The molecular formula is C15H17ClO4. The monoisotopic (exact) mass is 296 g/mol. The molecule has 1 atom stereocenters. The Hall–Kier alpha value is -1.81. The molecule has 0 aliphatic heterocycles. The second kappa shape index (κ2) is 6.09. The Balaban J connectivity index is 2.57. The van der Waals surface area contributed by atoms with E-state index in [-0.39, 0.29) is 0 Å². The van der Waals surface area contributed by atoms with Crippen LogP contribution in [0.15, 0.2) is 28.9 Å². The fraction of sp³-hybridized carbons (Fsp3) is 0.333. The van der Waals surface area contributed by atoms with Gasteiger partial charge in [-0.05, 0) is 18.6 Å². The second-order valence-corrected chi connectivity index (χ2v) is 4.71. The first kappa shape index (κ1) is 14.6. The van der Waals surface area contributed by atoms with Crippen LogP contribution < -0.4 is 14.2 Å². The number of hydrogen-bond acceptors (Lipinski definition) is 4. The summed E-state index contributed by atoms with van der Waals surface area (Å²) in [4.78, 5) is 0. The van der Waals surface area contributed by atoms with Crippen LogP contribution in [-0.4, -0.2) is 21.3 Å². The first-order chi connectivity index (χ1) is 9.62. The molecule has 0 radical (unpaired) electrons. The Kier molecular flexibility index (Phi) is 4.45. The Labute approximate surface area is 123 Å². The zero-order valence-electron chi connectivity index (χ0n) is 11.9. The molecule has 0 aliphatic carbocycles. The van der Waals surface area contributed by atoms with E-state index in [0.717, 1.165) is 11.1 Å². The van der Waals surface area contributed by atoms with Crippen LogP contribution in [0, 0.1) is 6.92 Å². The quantitative estimate of drug-likeness (QED) is 0.784. The maximum atomic E-state index is 6.55. The highest BCUT2D eigenvalue weighted by Gasteiger charge is 2.25. The summed E-state index contributed by atoms with van der Waals surface area (Å²) in [5, 5.41) is -0.499. The number of methoxy groups -OCH3 is 3. The highest BCUT2D eigenvalue weighted by molar-refractivity contribution is 6.23. The zero-order chi connectivity index (χ0) is 14.7. The predicted octanol–water partition coefficient (Wildman–Crippen LogP) is 3.94. The molecule has 5 heteroatoms. The minimum atomic E-state index is -0.499. The average molecular weight is 297 g/mol. The number of halogens is 1. The minimum Gasteiger partial charge on any atom is -0.496 e. The van der Waals surface area contributed by atoms with Crippen molar-refractivity contribution < 1.29 is 18.6 Å². The molecule has 108 valence electrons. The molecule has 1 heterocycles. The van der Waals surface area contributed by atoms with Gasteiger partial charge in [-0.15, -0.1) is 11.6 Å². The zero-order valence-corrected chi connectivity index (χ0v) is 12.7. The molecule has 0 saturated carbocycles. The molecule has 4 nitrogen and oxygen atoms in total. The molecular weight excluding hydrogens is 280 g/mol. The van der Waals surface area contributed by atoms with Crippen molar-refractivity contribution in [1.82, 2.24) is 0 Å². The lowest BCUT2D eigenvalue weighted by molar-refractivity contribution is 0.367. The van der Waals surface area contributed by atoms with Crippen molar-refractivity contribution in [3.8, 4) is 17.2 Å². The highest BCUT2D eigenvalue weighted by atomic mass is 35.5. The smallest absolute Gasteiger partial charge is 0.131 e. The lowest BCUT2D eigenvalue weighted by Crippen LogP contribution is -2.02. The maximum Gasteiger partial charge on any atom is 0.131 e. The standard InChI is InChI=1S/C15H17ClO4/c1-9-5-6-20-15(9)14(16)13-11(18-3)7-10(17-2)8-12(13)19-4/h5-8,14H,1-4H3. The number of aryl methyl sites for hydroxylation is 1. The maximum absolute atomic E-state index is 6.55. The van der Waals surface area contributed by atoms with E-state index < -0.39 is 5.38 Å². The summed E-state index contributed by atoms with van der Waals surface area (Å²) < 4.78 is 21.5. The Morgan fingerprint density at radius 2 is 1.65 bits per heavy atom. The van der Waals surface area contributed by atoms with Gasteiger partial charge in [0.25, 0.3) is 0 Å². The van der Waals surface area contributed by atoms with Gasteiger partial charge < -0.3 is 18.6 Å². The van der Waals surface area contributed by atoms with Gasteiger partial charge in [-0.2, -0.15) is 0 Å². The molecule has 0 spiro atoms. The third-order valence-corrected chi connectivity index (χ3v) is 3.55. The summed E-state index contributed by atoms with van der Waals surface area (Å²) in [7, 11) is 4.75. The number of hydrogen-bond donors (Lipinski definition) is 0. The average Bonchev–Trinajstić information content (AvgIpc) is 2.91. The highest BCUT2D eigenvalue weighted by Crippen LogP contribution is 2.44. The van der Waals surface area contributed by atoms with Crippen molar-refractivity contribution in [2.24, 2.45) is 0 Å². The van der Waals surface area contributed by atoms with Crippen molar-refractivity contribution in [2.45, 2.75) is 12.3 Å². The summed E-state index contributed by atoms with van der Waals surface area (Å²) in [6.07, 6.45) is 1.61. The number of benzene rings is 1. The van der Waals surface area contributed by atoms with Crippen LogP contribution in [0.2, 0.25) is 0 Å². The Morgan fingerprint density at radius 1 is 1.05 bits per heavy atom. The summed E-state index contributed by atoms with van der Waals surface area (Å²) in [6, 6.07) is 5.41. The molecule has 2 rings (SSSR count). The van der Waals surface area contributed by atoms with Crippen molar-refractivity contribution in [3.63, 3.8) is 0 Å². The van der Waals surface area contributed by atoms with E-state index in [1.807, 2.05) is 13.0 Å². The SMILES string of the molecule is COc1cc(OC)c(C(Cl)c2occc2C)c(OC)c1. The first-order valence-electron chi connectivity index (χ1n) is 6.10. The van der Waals surface area contributed by atoms with Crippen LogP contribution in [0.5, 0.6) is 17.2 Å². The van der Waals surface area contributed by atoms with Crippen LogP contribution in [-0.2, 0) is 0 Å². The molecule has 0 aliphatic rings. The summed E-state index contributed by atoms with van der Waals surface area (Å²) in [5.74, 6) is 2.50. The van der Waals surface area contributed by atoms with E-state index in [4.69, 9.17) is 30.2 Å². The van der Waals surface area contributed by atoms with Crippen LogP contribution in [0.1, 0.15) is 22.3 Å². The lowest BCUT2D eigenvalue weighted by Gasteiger charge is -2.18. The van der Waals surface area contributed by atoms with Gasteiger partial charge in [-0.25, -0.2) is 0 Å². The van der Waals surface area contributed by atoms with Gasteiger partial charge >= 0.3 is 0 Å². The predicted molar refractivity (Wildman–Crippen MR) is 77.2 cm³/mol. The van der Waals surface area contributed by atoms with Gasteiger partial charge in [0.15, 0.2) is 0 Å². The molecule has 0 fully saturated rings. The molecule has 1 unspecified atom stereocenters. The Morgan fingerprint density at radius 3 is 2.05 bits per heavy atom. The van der Waals surface area contributed by atoms with Gasteiger partial charge in [0.1, 0.15) is 28.4 Å². The van der Waals surface area contributed by atoms with Gasteiger partial charge in [0, 0.05) is 12.1 Å². The van der Waals surface area contributed by atoms with Crippen LogP contribution >= 0.6 is 11.6 Å². The van der Waals surface area contributed by atoms with Crippen molar-refractivity contribution in [3.05, 3.63) is 41.3 Å². The van der Waals surface area contributed by atoms with E-state index >= 15 is 0 Å². The summed E-state index contributed by atoms with van der Waals surface area (Å²) >= 11 is 6.55. The van der Waals surface area contributed by atoms with Crippen LogP contribution in [0.4, 0.5) is 0 Å². The van der Waals surface area contributed by atoms with Gasteiger partial charge in [-0.1, -0.05) is 0 Å². The molecule has 0 saturated heterocycles. The summed E-state index contributed by atoms with van der Waals surface area (Å²) in [5.41, 5.74) is 1.69. The fourth-order valence-corrected chi connectivity index (χ4v) is 2.50. The minimum absolute atomic E-state index is 0.499. The third kappa shape index (κ3) is 2.56. The molecule has 0 bridgehead atoms. The van der Waals surface area contributed by atoms with Crippen molar-refractivity contribution in [2.75, 3.05) is 21.3 Å². The molecule has 0 amide bonds.